The molecule has 0 heterocycles. The first-order valence-corrected chi connectivity index (χ1v) is 18.7. The van der Waals surface area contributed by atoms with Crippen molar-refractivity contribution in [2.75, 3.05) is 6.61 Å². The molecule has 13 atom stereocenters. The molecule has 0 aliphatic heterocycles. The molecule has 10 nitrogen and oxygen atoms in total. The van der Waals surface area contributed by atoms with Crippen LogP contribution in [-0.4, -0.2) is 61.1 Å². The van der Waals surface area contributed by atoms with Crippen LogP contribution in [0.1, 0.15) is 98.8 Å². The maximum atomic E-state index is 11.7. The molecular formula is C30H52O10S2. The van der Waals surface area contributed by atoms with Gasteiger partial charge in [-0.15, -0.1) is 0 Å². The van der Waals surface area contributed by atoms with E-state index in [0.717, 1.165) is 44.4 Å². The quantitative estimate of drug-likeness (QED) is 0.247. The van der Waals surface area contributed by atoms with Gasteiger partial charge in [0.1, 0.15) is 12.2 Å². The highest BCUT2D eigenvalue weighted by Crippen LogP contribution is 2.69. The Morgan fingerprint density at radius 2 is 1.52 bits per heavy atom. The third kappa shape index (κ3) is 5.74. The van der Waals surface area contributed by atoms with Crippen LogP contribution in [0.3, 0.4) is 0 Å². The lowest BCUT2D eigenvalue weighted by Crippen LogP contribution is -2.58. The van der Waals surface area contributed by atoms with Crippen molar-refractivity contribution in [3.05, 3.63) is 0 Å². The summed E-state index contributed by atoms with van der Waals surface area (Å²) in [6.07, 6.45) is 4.61. The van der Waals surface area contributed by atoms with Gasteiger partial charge in [-0.1, -0.05) is 34.6 Å². The second kappa shape index (κ2) is 11.2. The van der Waals surface area contributed by atoms with Crippen LogP contribution in [0.15, 0.2) is 0 Å². The fraction of sp³-hybridized carbons (Fsp3) is 1.00. The Morgan fingerprint density at radius 3 is 2.07 bits per heavy atom. The summed E-state index contributed by atoms with van der Waals surface area (Å²) in [6.45, 7) is 11.4. The molecule has 244 valence electrons. The number of hydrogen-bond acceptors (Lipinski definition) is 8. The zero-order chi connectivity index (χ0) is 31.0. The first kappa shape index (κ1) is 33.0. The topological polar surface area (TPSA) is 168 Å². The van der Waals surface area contributed by atoms with Gasteiger partial charge in [-0.05, 0) is 122 Å². The molecule has 5 aliphatic carbocycles. The average molecular weight is 637 g/mol. The fourth-order valence-corrected chi connectivity index (χ4v) is 12.5. The van der Waals surface area contributed by atoms with Gasteiger partial charge in [-0.2, -0.15) is 16.8 Å². The summed E-state index contributed by atoms with van der Waals surface area (Å²) in [5, 5.41) is 22.6. The Kier molecular flexibility index (Phi) is 8.79. The molecule has 4 N–H and O–H groups in total. The Balaban J connectivity index is 1.37. The SMILES string of the molecule is CC(CCC1(C(C)C)CC1C)C1C(O)CC2C3CCC4CC(OS(=O)(=O)O)C(OS(=O)(=O)O)CC4(C)C3CCC21CO. The van der Waals surface area contributed by atoms with Crippen LogP contribution in [0.4, 0.5) is 0 Å². The Bertz CT molecular complexity index is 1220. The molecule has 0 bridgehead atoms. The molecule has 0 aromatic rings. The molecular weight excluding hydrogens is 584 g/mol. The Hall–Kier alpha value is -0.340. The Labute approximate surface area is 252 Å². The zero-order valence-electron chi connectivity index (χ0n) is 25.7. The van der Waals surface area contributed by atoms with Gasteiger partial charge < -0.3 is 10.2 Å². The molecule has 13 unspecified atom stereocenters. The third-order valence-electron chi connectivity index (χ3n) is 13.6. The second-order valence-electron chi connectivity index (χ2n) is 15.5. The van der Waals surface area contributed by atoms with Crippen molar-refractivity contribution in [3.8, 4) is 0 Å². The highest BCUT2D eigenvalue weighted by molar-refractivity contribution is 7.81. The summed E-state index contributed by atoms with van der Waals surface area (Å²) < 4.78 is 75.2. The first-order chi connectivity index (χ1) is 19.4. The minimum absolute atomic E-state index is 0.00201. The van der Waals surface area contributed by atoms with Crippen LogP contribution >= 0.6 is 0 Å². The molecule has 0 saturated heterocycles. The van der Waals surface area contributed by atoms with Gasteiger partial charge in [0, 0.05) is 12.0 Å². The smallest absolute Gasteiger partial charge is 0.396 e. The van der Waals surface area contributed by atoms with Gasteiger partial charge in [0.05, 0.1) is 6.10 Å². The normalized spacial score (nSPS) is 47.9. The molecule has 0 aromatic heterocycles. The summed E-state index contributed by atoms with van der Waals surface area (Å²) in [5.41, 5.74) is -0.398. The number of aliphatic hydroxyl groups excluding tert-OH is 2. The summed E-state index contributed by atoms with van der Waals surface area (Å²) >= 11 is 0. The van der Waals surface area contributed by atoms with E-state index in [0.29, 0.717) is 17.8 Å². The largest absolute Gasteiger partial charge is 0.397 e. The summed E-state index contributed by atoms with van der Waals surface area (Å²) in [6, 6.07) is 0. The fourth-order valence-electron chi connectivity index (χ4n) is 11.5. The van der Waals surface area contributed by atoms with Crippen LogP contribution < -0.4 is 0 Å². The van der Waals surface area contributed by atoms with Crippen LogP contribution in [-0.2, 0) is 29.2 Å². The number of aliphatic hydroxyl groups is 2. The lowest BCUT2D eigenvalue weighted by atomic mass is 9.44. The molecule has 0 spiro atoms. The maximum Gasteiger partial charge on any atom is 0.397 e. The number of hydrogen-bond donors (Lipinski definition) is 4. The van der Waals surface area contributed by atoms with Crippen molar-refractivity contribution in [1.29, 1.82) is 0 Å². The molecule has 5 fully saturated rings. The molecule has 0 amide bonds. The van der Waals surface area contributed by atoms with Crippen molar-refractivity contribution >= 4 is 20.8 Å². The minimum Gasteiger partial charge on any atom is -0.396 e. The summed E-state index contributed by atoms with van der Waals surface area (Å²) in [5.74, 6) is 2.17. The molecule has 5 saturated carbocycles. The monoisotopic (exact) mass is 636 g/mol. The average Bonchev–Trinajstić information content (AvgIpc) is 3.43. The van der Waals surface area contributed by atoms with E-state index < -0.39 is 44.5 Å². The second-order valence-corrected chi connectivity index (χ2v) is 17.6. The van der Waals surface area contributed by atoms with Gasteiger partial charge >= 0.3 is 20.8 Å². The van der Waals surface area contributed by atoms with Gasteiger partial charge in [-0.25, -0.2) is 8.37 Å². The van der Waals surface area contributed by atoms with Crippen molar-refractivity contribution in [1.82, 2.24) is 0 Å². The Morgan fingerprint density at radius 1 is 0.905 bits per heavy atom. The summed E-state index contributed by atoms with van der Waals surface area (Å²) in [4.78, 5) is 0. The third-order valence-corrected chi connectivity index (χ3v) is 14.6. The minimum atomic E-state index is -4.90. The molecule has 42 heavy (non-hydrogen) atoms. The number of fused-ring (bicyclic) bond motifs is 5. The zero-order valence-corrected chi connectivity index (χ0v) is 27.3. The molecule has 5 rings (SSSR count). The molecule has 0 aromatic carbocycles. The van der Waals surface area contributed by atoms with Gasteiger partial charge in [0.25, 0.3) is 0 Å². The van der Waals surface area contributed by atoms with Crippen LogP contribution in [0.25, 0.3) is 0 Å². The lowest BCUT2D eigenvalue weighted by molar-refractivity contribution is -0.162. The molecule has 5 aliphatic rings. The van der Waals surface area contributed by atoms with Crippen molar-refractivity contribution < 1.29 is 44.5 Å². The highest BCUT2D eigenvalue weighted by atomic mass is 32.3. The highest BCUT2D eigenvalue weighted by Gasteiger charge is 2.65. The van der Waals surface area contributed by atoms with E-state index in [2.05, 4.69) is 34.6 Å². The van der Waals surface area contributed by atoms with E-state index in [1.165, 1.54) is 6.42 Å². The van der Waals surface area contributed by atoms with E-state index in [9.17, 15) is 36.2 Å². The first-order valence-electron chi connectivity index (χ1n) is 16.0. The standard InChI is InChI=1S/C30H52O10S2/c1-17(2)29(14-19(29)4)10-8-18(3)27-24(32)13-23-21-7-6-20-12-25(39-41(33,34)35)26(40-42(36,37)38)15-28(20,5)22(21)9-11-30(23,27)16-31/h17-27,31-32H,6-16H2,1-5H3,(H,33,34,35)(H,36,37,38). The van der Waals surface area contributed by atoms with E-state index in [-0.39, 0.29) is 60.4 Å². The van der Waals surface area contributed by atoms with E-state index >= 15 is 0 Å². The summed E-state index contributed by atoms with van der Waals surface area (Å²) in [7, 11) is -9.77. The van der Waals surface area contributed by atoms with Crippen molar-refractivity contribution in [2.45, 2.75) is 117 Å². The van der Waals surface area contributed by atoms with E-state index in [1.54, 1.807) is 0 Å². The van der Waals surface area contributed by atoms with Crippen LogP contribution in [0, 0.1) is 63.6 Å². The predicted octanol–water partition coefficient (Wildman–Crippen LogP) is 4.67. The lowest BCUT2D eigenvalue weighted by Gasteiger charge is -2.62. The van der Waals surface area contributed by atoms with Gasteiger partial charge in [0.2, 0.25) is 0 Å². The van der Waals surface area contributed by atoms with Crippen LogP contribution in [0.2, 0.25) is 0 Å². The molecule has 0 radical (unpaired) electrons. The van der Waals surface area contributed by atoms with Gasteiger partial charge in [-0.3, -0.25) is 9.11 Å². The predicted molar refractivity (Wildman–Crippen MR) is 156 cm³/mol. The van der Waals surface area contributed by atoms with Gasteiger partial charge in [0.15, 0.2) is 0 Å². The van der Waals surface area contributed by atoms with Crippen LogP contribution in [0.5, 0.6) is 0 Å². The van der Waals surface area contributed by atoms with E-state index in [4.69, 9.17) is 8.37 Å². The molecule has 12 heteroatoms. The van der Waals surface area contributed by atoms with E-state index in [1.807, 2.05) is 0 Å². The van der Waals surface area contributed by atoms with Crippen molar-refractivity contribution in [3.63, 3.8) is 0 Å². The maximum absolute atomic E-state index is 11.7. The number of rotatable bonds is 10. The van der Waals surface area contributed by atoms with Crippen molar-refractivity contribution in [2.24, 2.45) is 63.6 Å².